The molecule has 1 aliphatic heterocycles. The Bertz CT molecular complexity index is 365. The molecule has 1 unspecified atom stereocenters. The van der Waals surface area contributed by atoms with E-state index in [0.717, 1.165) is 18.6 Å². The maximum atomic E-state index is 12.1. The Kier molecular flexibility index (Phi) is 5.65. The second-order valence-corrected chi connectivity index (χ2v) is 6.26. The highest BCUT2D eigenvalue weighted by Gasteiger charge is 2.38. The molecule has 1 amide bonds. The fourth-order valence-corrected chi connectivity index (χ4v) is 3.11. The van der Waals surface area contributed by atoms with Gasteiger partial charge in [-0.1, -0.05) is 0 Å². The van der Waals surface area contributed by atoms with Crippen molar-refractivity contribution in [3.63, 3.8) is 0 Å². The maximum Gasteiger partial charge on any atom is 0.326 e. The van der Waals surface area contributed by atoms with Crippen LogP contribution < -0.4 is 5.32 Å². The summed E-state index contributed by atoms with van der Waals surface area (Å²) in [6, 6.07) is -1.05. The van der Waals surface area contributed by atoms with E-state index in [1.807, 2.05) is 6.92 Å². The number of rotatable bonds is 6. The van der Waals surface area contributed by atoms with Gasteiger partial charge in [-0.25, -0.2) is 4.79 Å². The van der Waals surface area contributed by atoms with Crippen LogP contribution in [0.15, 0.2) is 0 Å². The Hall–Kier alpha value is -1.24. The van der Waals surface area contributed by atoms with E-state index in [0.29, 0.717) is 0 Å². The number of carboxylic acids is 1. The number of hydrogen-bond acceptors (Lipinski definition) is 5. The van der Waals surface area contributed by atoms with Crippen molar-refractivity contribution in [3.8, 4) is 0 Å². The number of nitrogens with one attached hydrogen (secondary N) is 1. The highest BCUT2D eigenvalue weighted by molar-refractivity contribution is 8.01. The molecule has 0 aromatic heterocycles. The van der Waals surface area contributed by atoms with Gasteiger partial charge in [-0.05, 0) is 31.9 Å². The van der Waals surface area contributed by atoms with Crippen LogP contribution in [0.4, 0.5) is 0 Å². The van der Waals surface area contributed by atoms with Crippen molar-refractivity contribution >= 4 is 29.6 Å². The second-order valence-electron chi connectivity index (χ2n) is 4.66. The number of amides is 1. The molecule has 1 aliphatic rings. The third-order valence-electron chi connectivity index (χ3n) is 3.17. The molecule has 0 radical (unpaired) electrons. The van der Waals surface area contributed by atoms with Crippen LogP contribution in [0.25, 0.3) is 0 Å². The fourth-order valence-electron chi connectivity index (χ4n) is 1.89. The molecule has 0 aromatic carbocycles. The SMILES string of the molecule is COC(=O)CC[C@@H](NC(=O)C1(C)CCCS1)C(=O)O. The first-order chi connectivity index (χ1) is 8.89. The van der Waals surface area contributed by atoms with Gasteiger partial charge in [0.1, 0.15) is 6.04 Å². The number of esters is 1. The van der Waals surface area contributed by atoms with Crippen LogP contribution in [0, 0.1) is 0 Å². The Labute approximate surface area is 116 Å². The van der Waals surface area contributed by atoms with E-state index in [1.54, 1.807) is 0 Å². The first-order valence-electron chi connectivity index (χ1n) is 6.13. The Morgan fingerprint density at radius 2 is 2.16 bits per heavy atom. The lowest BCUT2D eigenvalue weighted by Gasteiger charge is -2.24. The average molecular weight is 289 g/mol. The quantitative estimate of drug-likeness (QED) is 0.702. The molecule has 1 saturated heterocycles. The lowest BCUT2D eigenvalue weighted by atomic mass is 10.0. The van der Waals surface area contributed by atoms with Crippen LogP contribution in [0.3, 0.4) is 0 Å². The Morgan fingerprint density at radius 1 is 1.47 bits per heavy atom. The fraction of sp³-hybridized carbons (Fsp3) is 0.750. The van der Waals surface area contributed by atoms with Gasteiger partial charge in [-0.3, -0.25) is 9.59 Å². The number of carbonyl (C=O) groups excluding carboxylic acids is 2. The topological polar surface area (TPSA) is 92.7 Å². The first-order valence-corrected chi connectivity index (χ1v) is 7.12. The van der Waals surface area contributed by atoms with Gasteiger partial charge < -0.3 is 15.2 Å². The summed E-state index contributed by atoms with van der Waals surface area (Å²) in [6.45, 7) is 1.82. The monoisotopic (exact) mass is 289 g/mol. The van der Waals surface area contributed by atoms with Crippen molar-refractivity contribution in [2.45, 2.75) is 43.4 Å². The van der Waals surface area contributed by atoms with E-state index in [2.05, 4.69) is 10.1 Å². The third kappa shape index (κ3) is 4.41. The average Bonchev–Trinajstić information content (AvgIpc) is 2.81. The molecular weight excluding hydrogens is 270 g/mol. The predicted octanol–water partition coefficient (Wildman–Crippen LogP) is 0.795. The van der Waals surface area contributed by atoms with Crippen LogP contribution in [-0.4, -0.2) is 46.6 Å². The molecule has 2 N–H and O–H groups in total. The highest BCUT2D eigenvalue weighted by atomic mass is 32.2. The largest absolute Gasteiger partial charge is 0.480 e. The summed E-state index contributed by atoms with van der Waals surface area (Å²) >= 11 is 1.54. The summed E-state index contributed by atoms with van der Waals surface area (Å²) in [5.74, 6) is -0.984. The van der Waals surface area contributed by atoms with Gasteiger partial charge >= 0.3 is 11.9 Å². The molecule has 2 atom stereocenters. The van der Waals surface area contributed by atoms with Gasteiger partial charge in [0.2, 0.25) is 5.91 Å². The lowest BCUT2D eigenvalue weighted by Crippen LogP contribution is -2.48. The maximum absolute atomic E-state index is 12.1. The Morgan fingerprint density at radius 3 is 2.63 bits per heavy atom. The van der Waals surface area contributed by atoms with Crippen LogP contribution in [0.1, 0.15) is 32.6 Å². The van der Waals surface area contributed by atoms with E-state index >= 15 is 0 Å². The van der Waals surface area contributed by atoms with Crippen molar-refractivity contribution in [2.75, 3.05) is 12.9 Å². The molecule has 19 heavy (non-hydrogen) atoms. The molecule has 0 saturated carbocycles. The minimum atomic E-state index is -1.14. The minimum Gasteiger partial charge on any atom is -0.480 e. The zero-order valence-corrected chi connectivity index (χ0v) is 11.9. The summed E-state index contributed by atoms with van der Waals surface area (Å²) < 4.78 is 3.90. The summed E-state index contributed by atoms with van der Waals surface area (Å²) in [6.07, 6.45) is 1.70. The number of thioether (sulfide) groups is 1. The molecular formula is C12H19NO5S. The smallest absolute Gasteiger partial charge is 0.326 e. The van der Waals surface area contributed by atoms with Gasteiger partial charge in [0.15, 0.2) is 0 Å². The van der Waals surface area contributed by atoms with E-state index in [4.69, 9.17) is 5.11 Å². The summed E-state index contributed by atoms with van der Waals surface area (Å²) in [5.41, 5.74) is 0. The third-order valence-corrected chi connectivity index (χ3v) is 4.69. The van der Waals surface area contributed by atoms with Gasteiger partial charge in [0.25, 0.3) is 0 Å². The Balaban J connectivity index is 2.55. The molecule has 1 fully saturated rings. The van der Waals surface area contributed by atoms with Crippen LogP contribution >= 0.6 is 11.8 Å². The number of aliphatic carboxylic acids is 1. The summed E-state index contributed by atoms with van der Waals surface area (Å²) in [7, 11) is 1.24. The molecule has 0 aromatic rings. The number of hydrogen-bond donors (Lipinski definition) is 2. The van der Waals surface area contributed by atoms with Gasteiger partial charge in [-0.2, -0.15) is 0 Å². The molecule has 7 heteroatoms. The zero-order chi connectivity index (χ0) is 14.5. The highest BCUT2D eigenvalue weighted by Crippen LogP contribution is 2.37. The van der Waals surface area contributed by atoms with E-state index in [1.165, 1.54) is 18.9 Å². The molecule has 6 nitrogen and oxygen atoms in total. The van der Waals surface area contributed by atoms with Crippen molar-refractivity contribution in [1.29, 1.82) is 0 Å². The lowest BCUT2D eigenvalue weighted by molar-refractivity contribution is -0.144. The normalized spacial score (nSPS) is 23.7. The van der Waals surface area contributed by atoms with E-state index in [-0.39, 0.29) is 18.7 Å². The molecule has 0 aliphatic carbocycles. The van der Waals surface area contributed by atoms with E-state index < -0.39 is 22.7 Å². The van der Waals surface area contributed by atoms with Gasteiger partial charge in [0.05, 0.1) is 11.9 Å². The standard InChI is InChI=1S/C12H19NO5S/c1-12(6-3-7-19-12)11(17)13-8(10(15)16)4-5-9(14)18-2/h8H,3-7H2,1-2H3,(H,13,17)(H,15,16)/t8-,12?/m1/s1. The summed E-state index contributed by atoms with van der Waals surface area (Å²) in [5, 5.41) is 11.6. The molecule has 0 spiro atoms. The van der Waals surface area contributed by atoms with E-state index in [9.17, 15) is 14.4 Å². The van der Waals surface area contributed by atoms with Crippen LogP contribution in [0.5, 0.6) is 0 Å². The number of ether oxygens (including phenoxy) is 1. The zero-order valence-electron chi connectivity index (χ0n) is 11.1. The first kappa shape index (κ1) is 15.8. The number of methoxy groups -OCH3 is 1. The molecule has 1 rings (SSSR count). The minimum absolute atomic E-state index is 0.0302. The van der Waals surface area contributed by atoms with Crippen molar-refractivity contribution in [3.05, 3.63) is 0 Å². The number of carboxylic acid groups (broad SMARTS) is 1. The van der Waals surface area contributed by atoms with Crippen molar-refractivity contribution < 1.29 is 24.2 Å². The molecule has 108 valence electrons. The van der Waals surface area contributed by atoms with Gasteiger partial charge in [0, 0.05) is 6.42 Å². The molecule has 0 bridgehead atoms. The number of carbonyl (C=O) groups is 3. The second kappa shape index (κ2) is 6.79. The predicted molar refractivity (Wildman–Crippen MR) is 70.9 cm³/mol. The van der Waals surface area contributed by atoms with Crippen LogP contribution in [0.2, 0.25) is 0 Å². The summed E-state index contributed by atoms with van der Waals surface area (Å²) in [4.78, 5) is 34.2. The van der Waals surface area contributed by atoms with Gasteiger partial charge in [-0.15, -0.1) is 11.8 Å². The molecule has 1 heterocycles. The van der Waals surface area contributed by atoms with Crippen molar-refractivity contribution in [2.24, 2.45) is 0 Å². The van der Waals surface area contributed by atoms with Crippen molar-refractivity contribution in [1.82, 2.24) is 5.32 Å². The van der Waals surface area contributed by atoms with Crippen LogP contribution in [-0.2, 0) is 19.1 Å².